The molecule has 1 heterocycles. The van der Waals surface area contributed by atoms with Gasteiger partial charge in [0.15, 0.2) is 5.17 Å². The third-order valence-electron chi connectivity index (χ3n) is 4.30. The second kappa shape index (κ2) is 5.76. The zero-order valence-electron chi connectivity index (χ0n) is 11.9. The van der Waals surface area contributed by atoms with Gasteiger partial charge < -0.3 is 5.32 Å². The fourth-order valence-electron chi connectivity index (χ4n) is 3.28. The van der Waals surface area contributed by atoms with Crippen LogP contribution in [0.15, 0.2) is 29.3 Å². The van der Waals surface area contributed by atoms with E-state index in [0.717, 1.165) is 16.8 Å². The van der Waals surface area contributed by atoms with E-state index in [9.17, 15) is 4.39 Å². The molecule has 2 atom stereocenters. The maximum atomic E-state index is 13.6. The normalized spacial score (nSPS) is 31.7. The summed E-state index contributed by atoms with van der Waals surface area (Å²) in [6.45, 7) is 2.76. The molecule has 2 unspecified atom stereocenters. The number of hydrogen-bond donors (Lipinski definition) is 1. The van der Waals surface area contributed by atoms with Crippen LogP contribution in [0.1, 0.15) is 38.2 Å². The van der Waals surface area contributed by atoms with Crippen molar-refractivity contribution in [2.24, 2.45) is 10.9 Å². The molecule has 1 spiro atoms. The standard InChI is InChI=1S/C16H21FN2S/c1-12-5-4-8-16(9-12)11-20-15(19-16)18-10-13-6-2-3-7-14(13)17/h2-3,6-7,12H,4-5,8-11H2,1H3,(H,18,19). The summed E-state index contributed by atoms with van der Waals surface area (Å²) >= 11 is 1.79. The summed E-state index contributed by atoms with van der Waals surface area (Å²) in [6, 6.07) is 6.87. The van der Waals surface area contributed by atoms with Gasteiger partial charge >= 0.3 is 0 Å². The van der Waals surface area contributed by atoms with Crippen molar-refractivity contribution < 1.29 is 4.39 Å². The van der Waals surface area contributed by atoms with Crippen LogP contribution in [-0.2, 0) is 6.54 Å². The summed E-state index contributed by atoms with van der Waals surface area (Å²) in [5.41, 5.74) is 0.913. The minimum Gasteiger partial charge on any atom is -0.359 e. The Morgan fingerprint density at radius 2 is 2.30 bits per heavy atom. The minimum atomic E-state index is -0.166. The molecular weight excluding hydrogens is 271 g/mol. The molecule has 3 rings (SSSR count). The first-order valence-electron chi connectivity index (χ1n) is 7.36. The molecule has 1 aliphatic heterocycles. The Hall–Kier alpha value is -1.03. The largest absolute Gasteiger partial charge is 0.359 e. The Morgan fingerprint density at radius 1 is 1.45 bits per heavy atom. The molecule has 2 fully saturated rings. The van der Waals surface area contributed by atoms with Crippen LogP contribution < -0.4 is 5.32 Å². The van der Waals surface area contributed by atoms with Gasteiger partial charge in [-0.05, 0) is 24.8 Å². The average molecular weight is 292 g/mol. The molecule has 1 aromatic carbocycles. The topological polar surface area (TPSA) is 24.4 Å². The van der Waals surface area contributed by atoms with Crippen LogP contribution >= 0.6 is 11.8 Å². The summed E-state index contributed by atoms with van der Waals surface area (Å²) in [5, 5.41) is 4.61. The second-order valence-electron chi connectivity index (χ2n) is 6.11. The number of hydrogen-bond acceptors (Lipinski definition) is 2. The van der Waals surface area contributed by atoms with Crippen molar-refractivity contribution in [1.29, 1.82) is 0 Å². The second-order valence-corrected chi connectivity index (χ2v) is 7.07. The Kier molecular flexibility index (Phi) is 4.01. The number of halogens is 1. The summed E-state index contributed by atoms with van der Waals surface area (Å²) in [6.07, 6.45) is 5.12. The summed E-state index contributed by atoms with van der Waals surface area (Å²) in [4.78, 5) is 4.56. The van der Waals surface area contributed by atoms with Gasteiger partial charge in [0.05, 0.1) is 6.54 Å². The number of aliphatic imine (C=N–C) groups is 1. The van der Waals surface area contributed by atoms with E-state index in [4.69, 9.17) is 0 Å². The highest BCUT2D eigenvalue weighted by molar-refractivity contribution is 8.14. The van der Waals surface area contributed by atoms with E-state index >= 15 is 0 Å². The van der Waals surface area contributed by atoms with Crippen molar-refractivity contribution in [1.82, 2.24) is 5.32 Å². The van der Waals surface area contributed by atoms with Gasteiger partial charge in [-0.2, -0.15) is 0 Å². The average Bonchev–Trinajstić information content (AvgIpc) is 2.80. The van der Waals surface area contributed by atoms with Gasteiger partial charge in [-0.15, -0.1) is 0 Å². The van der Waals surface area contributed by atoms with Gasteiger partial charge in [-0.3, -0.25) is 4.99 Å². The van der Waals surface area contributed by atoms with Gasteiger partial charge in [0, 0.05) is 16.9 Å². The lowest BCUT2D eigenvalue weighted by Gasteiger charge is -2.36. The molecule has 0 radical (unpaired) electrons. The van der Waals surface area contributed by atoms with Crippen LogP contribution in [0.25, 0.3) is 0 Å². The Bertz CT molecular complexity index is 517. The van der Waals surface area contributed by atoms with Gasteiger partial charge in [0.2, 0.25) is 0 Å². The molecule has 1 N–H and O–H groups in total. The van der Waals surface area contributed by atoms with E-state index < -0.39 is 0 Å². The van der Waals surface area contributed by atoms with Crippen molar-refractivity contribution in [2.75, 3.05) is 5.75 Å². The lowest BCUT2D eigenvalue weighted by molar-refractivity contribution is 0.242. The van der Waals surface area contributed by atoms with Crippen LogP contribution in [0, 0.1) is 11.7 Å². The smallest absolute Gasteiger partial charge is 0.157 e. The van der Waals surface area contributed by atoms with E-state index in [0.29, 0.717) is 12.1 Å². The minimum absolute atomic E-state index is 0.166. The number of benzene rings is 1. The monoisotopic (exact) mass is 292 g/mol. The highest BCUT2D eigenvalue weighted by atomic mass is 32.2. The van der Waals surface area contributed by atoms with Crippen LogP contribution in [0.2, 0.25) is 0 Å². The van der Waals surface area contributed by atoms with Crippen molar-refractivity contribution in [2.45, 2.75) is 44.7 Å². The van der Waals surface area contributed by atoms with Gasteiger partial charge in [0.1, 0.15) is 5.82 Å². The molecule has 4 heteroatoms. The predicted octanol–water partition coefficient (Wildman–Crippen LogP) is 3.97. The highest BCUT2D eigenvalue weighted by Gasteiger charge is 2.40. The molecule has 20 heavy (non-hydrogen) atoms. The molecular formula is C16H21FN2S. The van der Waals surface area contributed by atoms with Gasteiger partial charge in [0.25, 0.3) is 0 Å². The summed E-state index contributed by atoms with van der Waals surface area (Å²) in [5.74, 6) is 1.73. The Balaban J connectivity index is 1.65. The maximum Gasteiger partial charge on any atom is 0.157 e. The summed E-state index contributed by atoms with van der Waals surface area (Å²) < 4.78 is 13.6. The van der Waals surface area contributed by atoms with Crippen LogP contribution in [-0.4, -0.2) is 16.5 Å². The number of nitrogens with zero attached hydrogens (tertiary/aromatic N) is 1. The molecule has 1 aliphatic carbocycles. The molecule has 2 aliphatic rings. The zero-order chi connectivity index (χ0) is 14.0. The van der Waals surface area contributed by atoms with Crippen molar-refractivity contribution in [3.05, 3.63) is 35.6 Å². The first kappa shape index (κ1) is 13.9. The molecule has 0 amide bonds. The van der Waals surface area contributed by atoms with Crippen LogP contribution in [0.5, 0.6) is 0 Å². The maximum absolute atomic E-state index is 13.6. The third kappa shape index (κ3) is 3.00. The fraction of sp³-hybridized carbons (Fsp3) is 0.562. The van der Waals surface area contributed by atoms with Gasteiger partial charge in [-0.1, -0.05) is 49.7 Å². The third-order valence-corrected chi connectivity index (χ3v) is 5.50. The lowest BCUT2D eigenvalue weighted by Crippen LogP contribution is -2.47. The highest BCUT2D eigenvalue weighted by Crippen LogP contribution is 2.38. The first-order chi connectivity index (χ1) is 9.67. The molecule has 0 aromatic heterocycles. The molecule has 1 saturated heterocycles. The van der Waals surface area contributed by atoms with E-state index in [1.807, 2.05) is 6.07 Å². The van der Waals surface area contributed by atoms with Crippen molar-refractivity contribution >= 4 is 16.9 Å². The Morgan fingerprint density at radius 3 is 3.10 bits per heavy atom. The first-order valence-corrected chi connectivity index (χ1v) is 8.34. The van der Waals surface area contributed by atoms with Crippen LogP contribution in [0.3, 0.4) is 0 Å². The molecule has 0 bridgehead atoms. The number of nitrogens with one attached hydrogen (secondary N) is 1. The summed E-state index contributed by atoms with van der Waals surface area (Å²) in [7, 11) is 0. The number of thioether (sulfide) groups is 1. The Labute approximate surface area is 124 Å². The molecule has 1 aromatic rings. The fourth-order valence-corrected chi connectivity index (χ4v) is 4.47. The van der Waals surface area contributed by atoms with E-state index in [1.54, 1.807) is 23.9 Å². The molecule has 2 nitrogen and oxygen atoms in total. The van der Waals surface area contributed by atoms with E-state index in [1.165, 1.54) is 31.7 Å². The van der Waals surface area contributed by atoms with Gasteiger partial charge in [-0.25, -0.2) is 4.39 Å². The molecule has 1 saturated carbocycles. The SMILES string of the molecule is CC1CCCC2(CSC(=NCc3ccccc3F)N2)C1. The van der Waals surface area contributed by atoms with E-state index in [2.05, 4.69) is 17.2 Å². The van der Waals surface area contributed by atoms with E-state index in [-0.39, 0.29) is 11.4 Å². The number of amidine groups is 1. The zero-order valence-corrected chi connectivity index (χ0v) is 12.7. The molecule has 108 valence electrons. The predicted molar refractivity (Wildman–Crippen MR) is 83.5 cm³/mol. The quantitative estimate of drug-likeness (QED) is 0.892. The van der Waals surface area contributed by atoms with Crippen LogP contribution in [0.4, 0.5) is 4.39 Å². The number of rotatable bonds is 2. The lowest BCUT2D eigenvalue weighted by atomic mass is 9.78. The van der Waals surface area contributed by atoms with Crippen molar-refractivity contribution in [3.8, 4) is 0 Å². The van der Waals surface area contributed by atoms with Crippen molar-refractivity contribution in [3.63, 3.8) is 0 Å².